The Labute approximate surface area is 135 Å². The summed E-state index contributed by atoms with van der Waals surface area (Å²) in [4.78, 5) is 23.1. The molecule has 2 aromatic heterocycles. The molecule has 120 valence electrons. The summed E-state index contributed by atoms with van der Waals surface area (Å²) in [5, 5.41) is 3.47. The Balaban J connectivity index is 1.46. The van der Waals surface area contributed by atoms with Crippen molar-refractivity contribution in [2.75, 3.05) is 26.2 Å². The van der Waals surface area contributed by atoms with Crippen molar-refractivity contribution in [3.05, 3.63) is 42.6 Å². The van der Waals surface area contributed by atoms with Gasteiger partial charge in [-0.2, -0.15) is 0 Å². The van der Waals surface area contributed by atoms with Crippen molar-refractivity contribution >= 4 is 5.91 Å². The number of nitrogens with zero attached hydrogens (tertiary/aromatic N) is 4. The van der Waals surface area contributed by atoms with E-state index in [0.29, 0.717) is 5.56 Å². The summed E-state index contributed by atoms with van der Waals surface area (Å²) in [7, 11) is 0. The van der Waals surface area contributed by atoms with Crippen molar-refractivity contribution in [1.29, 1.82) is 0 Å². The van der Waals surface area contributed by atoms with Gasteiger partial charge < -0.3 is 10.2 Å². The lowest BCUT2D eigenvalue weighted by molar-refractivity contribution is 0.0758. The molecule has 2 saturated heterocycles. The monoisotopic (exact) mass is 311 g/mol. The fourth-order valence-corrected chi connectivity index (χ4v) is 3.66. The topological polar surface area (TPSA) is 63.1 Å². The normalized spacial score (nSPS) is 24.3. The molecule has 1 N–H and O–H groups in total. The Bertz CT molecular complexity index is 653. The minimum atomic E-state index is 0.0996. The number of hydrogen-bond acceptors (Lipinski definition) is 4. The van der Waals surface area contributed by atoms with Gasteiger partial charge in [-0.25, -0.2) is 9.97 Å². The molecule has 4 rings (SSSR count). The lowest BCUT2D eigenvalue weighted by atomic mass is 9.92. The molecule has 0 saturated carbocycles. The van der Waals surface area contributed by atoms with Crippen LogP contribution >= 0.6 is 0 Å². The molecule has 0 aliphatic carbocycles. The summed E-state index contributed by atoms with van der Waals surface area (Å²) in [5.74, 6) is 2.34. The van der Waals surface area contributed by atoms with Crippen molar-refractivity contribution in [3.63, 3.8) is 0 Å². The van der Waals surface area contributed by atoms with E-state index >= 15 is 0 Å². The zero-order valence-electron chi connectivity index (χ0n) is 13.1. The zero-order chi connectivity index (χ0) is 15.6. The van der Waals surface area contributed by atoms with Gasteiger partial charge in [0.15, 0.2) is 0 Å². The highest BCUT2D eigenvalue weighted by atomic mass is 16.2. The predicted octanol–water partition coefficient (Wildman–Crippen LogP) is 1.34. The van der Waals surface area contributed by atoms with E-state index in [4.69, 9.17) is 0 Å². The van der Waals surface area contributed by atoms with Gasteiger partial charge in [0.1, 0.15) is 12.1 Å². The number of rotatable bonds is 2. The molecule has 2 aliphatic rings. The second-order valence-electron chi connectivity index (χ2n) is 6.42. The van der Waals surface area contributed by atoms with E-state index in [0.717, 1.165) is 56.7 Å². The summed E-state index contributed by atoms with van der Waals surface area (Å²) < 4.78 is 1.83. The van der Waals surface area contributed by atoms with Crippen molar-refractivity contribution < 1.29 is 4.79 Å². The van der Waals surface area contributed by atoms with Gasteiger partial charge in [0.05, 0.1) is 5.56 Å². The van der Waals surface area contributed by atoms with Crippen molar-refractivity contribution in [3.8, 4) is 5.82 Å². The van der Waals surface area contributed by atoms with Crippen LogP contribution in [0.5, 0.6) is 0 Å². The van der Waals surface area contributed by atoms with E-state index in [2.05, 4.69) is 15.3 Å². The number of hydrogen-bond donors (Lipinski definition) is 1. The number of carbonyl (C=O) groups is 1. The van der Waals surface area contributed by atoms with E-state index in [1.165, 1.54) is 0 Å². The molecule has 23 heavy (non-hydrogen) atoms. The van der Waals surface area contributed by atoms with Crippen molar-refractivity contribution in [2.24, 2.45) is 11.8 Å². The van der Waals surface area contributed by atoms with Gasteiger partial charge in [0.25, 0.3) is 5.91 Å². The summed E-state index contributed by atoms with van der Waals surface area (Å²) in [6.45, 7) is 3.91. The number of fused-ring (bicyclic) bond motifs is 1. The number of pyridine rings is 1. The summed E-state index contributed by atoms with van der Waals surface area (Å²) in [6.07, 6.45) is 9.12. The van der Waals surface area contributed by atoms with E-state index in [1.807, 2.05) is 27.8 Å². The lowest BCUT2D eigenvalue weighted by Crippen LogP contribution is -2.32. The molecule has 6 heteroatoms. The average Bonchev–Trinajstić information content (AvgIpc) is 3.24. The molecule has 0 aromatic carbocycles. The molecule has 6 nitrogen and oxygen atoms in total. The first-order valence-electron chi connectivity index (χ1n) is 8.25. The molecule has 1 amide bonds. The first kappa shape index (κ1) is 14.4. The van der Waals surface area contributed by atoms with Gasteiger partial charge in [-0.3, -0.25) is 9.36 Å². The maximum atomic E-state index is 12.7. The quantitative estimate of drug-likeness (QED) is 0.909. The van der Waals surface area contributed by atoms with E-state index in [1.54, 1.807) is 18.7 Å². The Hall–Kier alpha value is -2.21. The van der Waals surface area contributed by atoms with Gasteiger partial charge in [0.2, 0.25) is 0 Å². The van der Waals surface area contributed by atoms with Gasteiger partial charge in [-0.1, -0.05) is 0 Å². The van der Waals surface area contributed by atoms with Crippen LogP contribution in [-0.2, 0) is 0 Å². The third-order valence-electron chi connectivity index (χ3n) is 5.07. The van der Waals surface area contributed by atoms with Crippen molar-refractivity contribution in [1.82, 2.24) is 24.8 Å². The van der Waals surface area contributed by atoms with Gasteiger partial charge in [-0.15, -0.1) is 0 Å². The third kappa shape index (κ3) is 2.86. The molecular weight excluding hydrogens is 290 g/mol. The third-order valence-corrected chi connectivity index (χ3v) is 5.07. The number of amides is 1. The Kier molecular flexibility index (Phi) is 3.83. The minimum Gasteiger partial charge on any atom is -0.339 e. The van der Waals surface area contributed by atoms with Crippen LogP contribution in [0.2, 0.25) is 0 Å². The summed E-state index contributed by atoms with van der Waals surface area (Å²) in [6, 6.07) is 3.73. The minimum absolute atomic E-state index is 0.0996. The fraction of sp³-hybridized carbons (Fsp3) is 0.471. The van der Waals surface area contributed by atoms with E-state index < -0.39 is 0 Å². The van der Waals surface area contributed by atoms with Gasteiger partial charge >= 0.3 is 0 Å². The molecule has 2 atom stereocenters. The molecule has 4 heterocycles. The predicted molar refractivity (Wildman–Crippen MR) is 86.3 cm³/mol. The SMILES string of the molecule is O=C(c1ccc(-n2ccnc2)nc1)N1CC[C@@H]2CNC[C@@H]2CC1. The molecule has 0 spiro atoms. The molecule has 2 aromatic rings. The van der Waals surface area contributed by atoms with Gasteiger partial charge in [-0.05, 0) is 49.9 Å². The first-order chi connectivity index (χ1) is 11.3. The Morgan fingerprint density at radius 2 is 1.96 bits per heavy atom. The van der Waals surface area contributed by atoms with Crippen LogP contribution in [0.25, 0.3) is 5.82 Å². The molecule has 2 aliphatic heterocycles. The van der Waals surface area contributed by atoms with Crippen LogP contribution in [0.4, 0.5) is 0 Å². The maximum absolute atomic E-state index is 12.7. The number of carbonyl (C=O) groups excluding carboxylic acids is 1. The van der Waals surface area contributed by atoms with Crippen LogP contribution < -0.4 is 5.32 Å². The van der Waals surface area contributed by atoms with Crippen LogP contribution in [0.1, 0.15) is 23.2 Å². The second-order valence-corrected chi connectivity index (χ2v) is 6.42. The van der Waals surface area contributed by atoms with Crippen LogP contribution in [0.3, 0.4) is 0 Å². The number of likely N-dealkylation sites (tertiary alicyclic amines) is 1. The molecule has 0 radical (unpaired) electrons. The summed E-state index contributed by atoms with van der Waals surface area (Å²) >= 11 is 0. The van der Waals surface area contributed by atoms with Crippen LogP contribution in [-0.4, -0.2) is 51.5 Å². The molecule has 2 fully saturated rings. The van der Waals surface area contributed by atoms with Crippen LogP contribution in [0, 0.1) is 11.8 Å². The molecule has 0 unspecified atom stereocenters. The van der Waals surface area contributed by atoms with E-state index in [-0.39, 0.29) is 5.91 Å². The Morgan fingerprint density at radius 1 is 1.17 bits per heavy atom. The highest BCUT2D eigenvalue weighted by Gasteiger charge is 2.31. The highest BCUT2D eigenvalue weighted by molar-refractivity contribution is 5.94. The van der Waals surface area contributed by atoms with E-state index in [9.17, 15) is 4.79 Å². The highest BCUT2D eigenvalue weighted by Crippen LogP contribution is 2.27. The standard InChI is InChI=1S/C17H21N5O/c23-17(21-6-3-13-9-19-10-14(13)4-7-21)15-1-2-16(20-11-15)22-8-5-18-12-22/h1-2,5,8,11-14,19H,3-4,6-7,9-10H2/t13-,14+. The lowest BCUT2D eigenvalue weighted by Gasteiger charge is -2.21. The second kappa shape index (κ2) is 6.12. The van der Waals surface area contributed by atoms with Crippen molar-refractivity contribution in [2.45, 2.75) is 12.8 Å². The number of imidazole rings is 1. The first-order valence-corrected chi connectivity index (χ1v) is 8.25. The number of aromatic nitrogens is 3. The average molecular weight is 311 g/mol. The molecular formula is C17H21N5O. The van der Waals surface area contributed by atoms with Crippen LogP contribution in [0.15, 0.2) is 37.1 Å². The smallest absolute Gasteiger partial charge is 0.255 e. The molecule has 0 bridgehead atoms. The summed E-state index contributed by atoms with van der Waals surface area (Å²) in [5.41, 5.74) is 0.666. The fourth-order valence-electron chi connectivity index (χ4n) is 3.66. The Morgan fingerprint density at radius 3 is 2.57 bits per heavy atom. The maximum Gasteiger partial charge on any atom is 0.255 e. The van der Waals surface area contributed by atoms with Gasteiger partial charge in [0, 0.05) is 31.7 Å². The largest absolute Gasteiger partial charge is 0.339 e. The zero-order valence-corrected chi connectivity index (χ0v) is 13.1. The number of nitrogens with one attached hydrogen (secondary N) is 1.